The smallest absolute Gasteiger partial charge is 0.287 e. The Balaban J connectivity index is 3.34. The molecule has 6 heteroatoms. The Morgan fingerprint density at radius 2 is 2.21 bits per heavy atom. The van der Waals surface area contributed by atoms with E-state index in [1.54, 1.807) is 13.1 Å². The molecule has 0 bridgehead atoms. The molecule has 5 nitrogen and oxygen atoms in total. The average Bonchev–Trinajstić information content (AvgIpc) is 2.16. The quantitative estimate of drug-likeness (QED) is 0.670. The molecular formula is C8H9BrN2O3. The third-order valence-corrected chi connectivity index (χ3v) is 2.51. The third-order valence-electron chi connectivity index (χ3n) is 1.75. The van der Waals surface area contributed by atoms with Crippen LogP contribution in [-0.4, -0.2) is 19.1 Å². The molecule has 0 radical (unpaired) electrons. The highest BCUT2D eigenvalue weighted by molar-refractivity contribution is 9.10. The molecule has 0 aromatic heterocycles. The molecule has 0 heterocycles. The molecule has 0 aliphatic heterocycles. The topological polar surface area (TPSA) is 64.4 Å². The van der Waals surface area contributed by atoms with E-state index in [0.717, 1.165) is 0 Å². The lowest BCUT2D eigenvalue weighted by molar-refractivity contribution is -0.385. The Kier molecular flexibility index (Phi) is 3.29. The molecule has 1 N–H and O–H groups in total. The first-order valence-electron chi connectivity index (χ1n) is 3.80. The van der Waals surface area contributed by atoms with Crippen molar-refractivity contribution in [3.63, 3.8) is 0 Å². The first-order valence-corrected chi connectivity index (χ1v) is 4.59. The highest BCUT2D eigenvalue weighted by Gasteiger charge is 2.18. The van der Waals surface area contributed by atoms with Crippen LogP contribution in [0.25, 0.3) is 0 Å². The van der Waals surface area contributed by atoms with Gasteiger partial charge in [-0.05, 0) is 22.0 Å². The number of nitrogens with one attached hydrogen (secondary N) is 1. The van der Waals surface area contributed by atoms with Crippen molar-refractivity contribution in [2.24, 2.45) is 0 Å². The van der Waals surface area contributed by atoms with Gasteiger partial charge in [0.15, 0.2) is 5.75 Å². The van der Waals surface area contributed by atoms with E-state index in [1.807, 2.05) is 0 Å². The van der Waals surface area contributed by atoms with Crippen LogP contribution in [0.4, 0.5) is 11.4 Å². The summed E-state index contributed by atoms with van der Waals surface area (Å²) in [6, 6.07) is 3.01. The fourth-order valence-corrected chi connectivity index (χ4v) is 1.74. The highest BCUT2D eigenvalue weighted by Crippen LogP contribution is 2.39. The molecular weight excluding hydrogens is 252 g/mol. The second-order valence-corrected chi connectivity index (χ2v) is 3.28. The summed E-state index contributed by atoms with van der Waals surface area (Å²) in [7, 11) is 3.18. The second-order valence-electron chi connectivity index (χ2n) is 2.49. The van der Waals surface area contributed by atoms with Crippen LogP contribution in [0.5, 0.6) is 5.75 Å². The summed E-state index contributed by atoms with van der Waals surface area (Å²) >= 11 is 3.13. The molecule has 0 saturated carbocycles. The third kappa shape index (κ3) is 1.79. The van der Waals surface area contributed by atoms with Gasteiger partial charge in [0.2, 0.25) is 0 Å². The fraction of sp³-hybridized carbons (Fsp3) is 0.250. The van der Waals surface area contributed by atoms with Crippen molar-refractivity contribution in [1.29, 1.82) is 0 Å². The van der Waals surface area contributed by atoms with Crippen molar-refractivity contribution in [3.8, 4) is 5.75 Å². The minimum absolute atomic E-state index is 0.0131. The van der Waals surface area contributed by atoms with Gasteiger partial charge in [0.05, 0.1) is 17.7 Å². The Morgan fingerprint density at radius 3 is 2.64 bits per heavy atom. The first kappa shape index (κ1) is 10.8. The van der Waals surface area contributed by atoms with E-state index in [2.05, 4.69) is 21.2 Å². The van der Waals surface area contributed by atoms with Gasteiger partial charge in [0.25, 0.3) is 5.69 Å². The highest BCUT2D eigenvalue weighted by atomic mass is 79.9. The van der Waals surface area contributed by atoms with Gasteiger partial charge in [-0.15, -0.1) is 0 Å². The summed E-state index contributed by atoms with van der Waals surface area (Å²) in [6.07, 6.45) is 0. The van der Waals surface area contributed by atoms with Crippen LogP contribution in [0.15, 0.2) is 16.6 Å². The molecule has 0 saturated heterocycles. The number of ether oxygens (including phenoxy) is 1. The summed E-state index contributed by atoms with van der Waals surface area (Å²) in [5, 5.41) is 13.5. The lowest BCUT2D eigenvalue weighted by atomic mass is 10.2. The predicted molar refractivity (Wildman–Crippen MR) is 56.9 cm³/mol. The number of hydrogen-bond donors (Lipinski definition) is 1. The zero-order chi connectivity index (χ0) is 10.7. The maximum atomic E-state index is 10.6. The molecule has 0 amide bonds. The van der Waals surface area contributed by atoms with Gasteiger partial charge in [-0.3, -0.25) is 10.1 Å². The van der Waals surface area contributed by atoms with Crippen LogP contribution in [0.2, 0.25) is 0 Å². The Bertz CT molecular complexity index is 368. The van der Waals surface area contributed by atoms with Crippen molar-refractivity contribution in [1.82, 2.24) is 0 Å². The van der Waals surface area contributed by atoms with Crippen molar-refractivity contribution in [2.75, 3.05) is 19.5 Å². The van der Waals surface area contributed by atoms with E-state index in [0.29, 0.717) is 15.9 Å². The molecule has 0 aliphatic rings. The zero-order valence-corrected chi connectivity index (χ0v) is 9.29. The summed E-state index contributed by atoms with van der Waals surface area (Å²) in [6.45, 7) is 0. The van der Waals surface area contributed by atoms with E-state index < -0.39 is 4.92 Å². The van der Waals surface area contributed by atoms with Crippen molar-refractivity contribution in [3.05, 3.63) is 26.7 Å². The lowest BCUT2D eigenvalue weighted by Gasteiger charge is -2.09. The molecule has 0 fully saturated rings. The average molecular weight is 261 g/mol. The van der Waals surface area contributed by atoms with Gasteiger partial charge in [-0.1, -0.05) is 0 Å². The Hall–Kier alpha value is -1.30. The van der Waals surface area contributed by atoms with Crippen molar-refractivity contribution in [2.45, 2.75) is 0 Å². The second kappa shape index (κ2) is 4.28. The van der Waals surface area contributed by atoms with Crippen LogP contribution >= 0.6 is 15.9 Å². The van der Waals surface area contributed by atoms with Crippen molar-refractivity contribution < 1.29 is 9.66 Å². The number of hydrogen-bond acceptors (Lipinski definition) is 4. The Morgan fingerprint density at radius 1 is 1.57 bits per heavy atom. The van der Waals surface area contributed by atoms with E-state index in [-0.39, 0.29) is 5.69 Å². The lowest BCUT2D eigenvalue weighted by Crippen LogP contribution is -1.97. The summed E-state index contributed by atoms with van der Waals surface area (Å²) < 4.78 is 5.39. The van der Waals surface area contributed by atoms with E-state index >= 15 is 0 Å². The number of rotatable bonds is 3. The minimum Gasteiger partial charge on any atom is -0.493 e. The van der Waals surface area contributed by atoms with Gasteiger partial charge in [-0.25, -0.2) is 0 Å². The maximum Gasteiger partial charge on any atom is 0.287 e. The van der Waals surface area contributed by atoms with Gasteiger partial charge < -0.3 is 10.1 Å². The minimum atomic E-state index is -0.466. The molecule has 1 rings (SSSR count). The first-order chi connectivity index (χ1) is 6.61. The molecule has 76 valence electrons. The number of anilines is 1. The molecule has 1 aromatic carbocycles. The van der Waals surface area contributed by atoms with Gasteiger partial charge >= 0.3 is 0 Å². The fourth-order valence-electron chi connectivity index (χ4n) is 1.08. The maximum absolute atomic E-state index is 10.6. The molecule has 14 heavy (non-hydrogen) atoms. The molecule has 0 aliphatic carbocycles. The largest absolute Gasteiger partial charge is 0.493 e. The standard InChI is InChI=1S/C8H9BrN2O3/c1-10-5-3-4-6(11(12)13)7(9)8(5)14-2/h3-4,10H,1-2H3. The van der Waals surface area contributed by atoms with Crippen LogP contribution in [0, 0.1) is 10.1 Å². The van der Waals surface area contributed by atoms with Crippen molar-refractivity contribution >= 4 is 27.3 Å². The SMILES string of the molecule is CNc1ccc([N+](=O)[O-])c(Br)c1OC. The van der Waals surface area contributed by atoms with E-state index in [1.165, 1.54) is 13.2 Å². The van der Waals surface area contributed by atoms with Crippen LogP contribution in [0.3, 0.4) is 0 Å². The molecule has 1 aromatic rings. The van der Waals surface area contributed by atoms with Gasteiger partial charge in [0, 0.05) is 13.1 Å². The van der Waals surface area contributed by atoms with Crippen LogP contribution in [0.1, 0.15) is 0 Å². The zero-order valence-electron chi connectivity index (χ0n) is 7.70. The number of methoxy groups -OCH3 is 1. The van der Waals surface area contributed by atoms with E-state index in [9.17, 15) is 10.1 Å². The van der Waals surface area contributed by atoms with Gasteiger partial charge in [-0.2, -0.15) is 0 Å². The summed E-state index contributed by atoms with van der Waals surface area (Å²) in [4.78, 5) is 10.1. The Labute approximate surface area is 89.3 Å². The molecule has 0 atom stereocenters. The summed E-state index contributed by atoms with van der Waals surface area (Å²) in [5.41, 5.74) is 0.686. The molecule has 0 spiro atoms. The predicted octanol–water partition coefficient (Wildman–Crippen LogP) is 2.41. The van der Waals surface area contributed by atoms with Crippen LogP contribution < -0.4 is 10.1 Å². The normalized spacial score (nSPS) is 9.64. The number of nitro groups is 1. The number of nitro benzene ring substituents is 1. The van der Waals surface area contributed by atoms with Crippen LogP contribution in [-0.2, 0) is 0 Å². The number of benzene rings is 1. The summed E-state index contributed by atoms with van der Waals surface area (Å²) in [5.74, 6) is 0.432. The van der Waals surface area contributed by atoms with Gasteiger partial charge in [0.1, 0.15) is 4.47 Å². The van der Waals surface area contributed by atoms with E-state index in [4.69, 9.17) is 4.74 Å². The monoisotopic (exact) mass is 260 g/mol. The number of nitrogens with zero attached hydrogens (tertiary/aromatic N) is 1. The molecule has 0 unspecified atom stereocenters. The number of halogens is 1.